The molecule has 2 saturated carbocycles. The number of ether oxygens (including phenoxy) is 1. The number of fused-ring (bicyclic) bond motifs is 1. The lowest BCUT2D eigenvalue weighted by atomic mass is 9.92. The highest BCUT2D eigenvalue weighted by Gasteiger charge is 2.39. The van der Waals surface area contributed by atoms with E-state index < -0.39 is 0 Å². The molecular formula is C21H25N3O2. The molecule has 5 rings (SSSR count). The topological polar surface area (TPSA) is 58.2 Å². The molecule has 1 N–H and O–H groups in total. The highest BCUT2D eigenvalue weighted by atomic mass is 16.5. The van der Waals surface area contributed by atoms with E-state index in [1.165, 1.54) is 24.1 Å². The van der Waals surface area contributed by atoms with E-state index in [1.54, 1.807) is 0 Å². The van der Waals surface area contributed by atoms with Crippen molar-refractivity contribution in [3.63, 3.8) is 0 Å². The predicted molar refractivity (Wildman–Crippen MR) is 98.3 cm³/mol. The Kier molecular flexibility index (Phi) is 3.95. The maximum atomic E-state index is 13.2. The summed E-state index contributed by atoms with van der Waals surface area (Å²) in [5.74, 6) is 1.77. The zero-order valence-electron chi connectivity index (χ0n) is 15.0. The van der Waals surface area contributed by atoms with Crippen LogP contribution in [0.15, 0.2) is 30.5 Å². The minimum absolute atomic E-state index is 0.165. The first kappa shape index (κ1) is 15.9. The molecule has 0 radical (unpaired) electrons. The average Bonchev–Trinajstić information content (AvgIpc) is 3.60. The first-order valence-corrected chi connectivity index (χ1v) is 9.84. The number of hydrogen-bond donors (Lipinski definition) is 1. The van der Waals surface area contributed by atoms with Crippen molar-refractivity contribution in [2.45, 2.75) is 57.0 Å². The van der Waals surface area contributed by atoms with Gasteiger partial charge < -0.3 is 9.64 Å². The van der Waals surface area contributed by atoms with Crippen LogP contribution in [-0.2, 0) is 12.8 Å². The van der Waals surface area contributed by atoms with E-state index in [-0.39, 0.29) is 11.9 Å². The molecule has 1 heterocycles. The summed E-state index contributed by atoms with van der Waals surface area (Å²) >= 11 is 0. The van der Waals surface area contributed by atoms with Gasteiger partial charge in [-0.3, -0.25) is 9.89 Å². The molecule has 3 aliphatic rings. The number of aromatic amines is 1. The van der Waals surface area contributed by atoms with Crippen LogP contribution in [0.3, 0.4) is 0 Å². The third-order valence-electron chi connectivity index (χ3n) is 5.84. The largest absolute Gasteiger partial charge is 0.493 e. The zero-order valence-corrected chi connectivity index (χ0v) is 15.0. The van der Waals surface area contributed by atoms with Crippen molar-refractivity contribution in [3.8, 4) is 5.75 Å². The van der Waals surface area contributed by atoms with E-state index >= 15 is 0 Å². The van der Waals surface area contributed by atoms with E-state index in [4.69, 9.17) is 4.74 Å². The molecule has 1 amide bonds. The van der Waals surface area contributed by atoms with E-state index in [1.807, 2.05) is 30.5 Å². The van der Waals surface area contributed by atoms with Gasteiger partial charge in [0.05, 0.1) is 12.8 Å². The fraction of sp³-hybridized carbons (Fsp3) is 0.524. The summed E-state index contributed by atoms with van der Waals surface area (Å²) in [5.41, 5.74) is 3.28. The molecule has 1 unspecified atom stereocenters. The Bertz CT molecular complexity index is 790. The van der Waals surface area contributed by atoms with E-state index in [9.17, 15) is 4.79 Å². The second-order valence-corrected chi connectivity index (χ2v) is 7.99. The van der Waals surface area contributed by atoms with Crippen molar-refractivity contribution in [3.05, 3.63) is 47.3 Å². The van der Waals surface area contributed by atoms with E-state index in [2.05, 4.69) is 15.1 Å². The van der Waals surface area contributed by atoms with Crippen molar-refractivity contribution in [2.24, 2.45) is 5.92 Å². The van der Waals surface area contributed by atoms with Gasteiger partial charge in [0.15, 0.2) is 0 Å². The van der Waals surface area contributed by atoms with Crippen LogP contribution >= 0.6 is 0 Å². The lowest BCUT2D eigenvalue weighted by molar-refractivity contribution is 0.0642. The normalized spacial score (nSPS) is 21.9. The molecule has 1 atom stereocenters. The molecule has 26 heavy (non-hydrogen) atoms. The Balaban J connectivity index is 1.30. The first-order valence-electron chi connectivity index (χ1n) is 9.84. The van der Waals surface area contributed by atoms with Gasteiger partial charge in [-0.1, -0.05) is 0 Å². The number of H-pyrrole nitrogens is 1. The van der Waals surface area contributed by atoms with Crippen LogP contribution in [0.4, 0.5) is 0 Å². The number of aryl methyl sites for hydroxylation is 1. The molecule has 0 spiro atoms. The molecule has 1 aromatic heterocycles. The summed E-state index contributed by atoms with van der Waals surface area (Å²) in [7, 11) is 0. The third-order valence-corrected chi connectivity index (χ3v) is 5.84. The number of benzene rings is 1. The van der Waals surface area contributed by atoms with Gasteiger partial charge in [-0.15, -0.1) is 0 Å². The second kappa shape index (κ2) is 6.45. The Labute approximate surface area is 153 Å². The van der Waals surface area contributed by atoms with Gasteiger partial charge in [0.1, 0.15) is 5.75 Å². The smallest absolute Gasteiger partial charge is 0.254 e. The molecule has 136 valence electrons. The lowest BCUT2D eigenvalue weighted by Crippen LogP contribution is -2.44. The van der Waals surface area contributed by atoms with Gasteiger partial charge in [-0.25, -0.2) is 0 Å². The van der Waals surface area contributed by atoms with Crippen molar-refractivity contribution in [1.82, 2.24) is 15.1 Å². The molecule has 1 aromatic carbocycles. The fourth-order valence-electron chi connectivity index (χ4n) is 3.96. The maximum Gasteiger partial charge on any atom is 0.254 e. The number of aromatic nitrogens is 2. The third kappa shape index (κ3) is 3.22. The van der Waals surface area contributed by atoms with Crippen molar-refractivity contribution in [1.29, 1.82) is 0 Å². The Morgan fingerprint density at radius 1 is 1.12 bits per heavy atom. The summed E-state index contributed by atoms with van der Waals surface area (Å²) in [4.78, 5) is 15.4. The molecule has 5 heteroatoms. The standard InChI is InChI=1S/C21H25N3O2/c25-21(15-3-8-19(9-4-15)26-13-14-1-2-14)24(17-5-6-17)18-7-10-20-16(11-18)12-22-23-20/h3-4,8-9,12,14,17-18H,1-2,5-7,10-11,13H2,(H,22,23). The first-order chi connectivity index (χ1) is 12.8. The Morgan fingerprint density at radius 3 is 2.65 bits per heavy atom. The van der Waals surface area contributed by atoms with Crippen LogP contribution in [0.2, 0.25) is 0 Å². The highest BCUT2D eigenvalue weighted by molar-refractivity contribution is 5.95. The average molecular weight is 351 g/mol. The monoisotopic (exact) mass is 351 g/mol. The lowest BCUT2D eigenvalue weighted by Gasteiger charge is -2.34. The summed E-state index contributed by atoms with van der Waals surface area (Å²) in [6, 6.07) is 8.42. The minimum Gasteiger partial charge on any atom is -0.493 e. The van der Waals surface area contributed by atoms with Crippen LogP contribution in [0.1, 0.15) is 53.7 Å². The van der Waals surface area contributed by atoms with Crippen LogP contribution in [0.25, 0.3) is 0 Å². The number of nitrogens with zero attached hydrogens (tertiary/aromatic N) is 2. The number of rotatable bonds is 6. The summed E-state index contributed by atoms with van der Waals surface area (Å²) in [6.07, 6.45) is 9.65. The molecule has 2 aromatic rings. The number of nitrogens with one attached hydrogen (secondary N) is 1. The summed E-state index contributed by atoms with van der Waals surface area (Å²) in [6.45, 7) is 0.802. The van der Waals surface area contributed by atoms with E-state index in [0.717, 1.165) is 55.9 Å². The fourth-order valence-corrected chi connectivity index (χ4v) is 3.96. The highest BCUT2D eigenvalue weighted by Crippen LogP contribution is 2.35. The molecule has 2 fully saturated rings. The van der Waals surface area contributed by atoms with Crippen LogP contribution < -0.4 is 4.74 Å². The number of carbonyl (C=O) groups excluding carboxylic acids is 1. The van der Waals surface area contributed by atoms with Crippen molar-refractivity contribution < 1.29 is 9.53 Å². The van der Waals surface area contributed by atoms with Gasteiger partial charge in [-0.05, 0) is 80.7 Å². The Hall–Kier alpha value is -2.30. The van der Waals surface area contributed by atoms with E-state index in [0.29, 0.717) is 6.04 Å². The summed E-state index contributed by atoms with van der Waals surface area (Å²) in [5, 5.41) is 7.25. The molecular weight excluding hydrogens is 326 g/mol. The van der Waals surface area contributed by atoms with Gasteiger partial charge in [0.2, 0.25) is 0 Å². The van der Waals surface area contributed by atoms with Gasteiger partial charge in [-0.2, -0.15) is 5.10 Å². The van der Waals surface area contributed by atoms with Crippen LogP contribution in [0, 0.1) is 5.92 Å². The quantitative estimate of drug-likeness (QED) is 0.868. The molecule has 0 bridgehead atoms. The Morgan fingerprint density at radius 2 is 1.92 bits per heavy atom. The van der Waals surface area contributed by atoms with Crippen LogP contribution in [-0.4, -0.2) is 39.7 Å². The number of carbonyl (C=O) groups is 1. The number of hydrogen-bond acceptors (Lipinski definition) is 3. The molecule has 5 nitrogen and oxygen atoms in total. The SMILES string of the molecule is O=C(c1ccc(OCC2CC2)cc1)N(C1CC1)C1CCc2[nH]ncc2C1. The maximum absolute atomic E-state index is 13.2. The van der Waals surface area contributed by atoms with Crippen molar-refractivity contribution >= 4 is 5.91 Å². The van der Waals surface area contributed by atoms with Gasteiger partial charge in [0.25, 0.3) is 5.91 Å². The van der Waals surface area contributed by atoms with Gasteiger partial charge >= 0.3 is 0 Å². The zero-order chi connectivity index (χ0) is 17.5. The molecule has 0 saturated heterocycles. The van der Waals surface area contributed by atoms with Crippen molar-refractivity contribution in [2.75, 3.05) is 6.61 Å². The number of amides is 1. The second-order valence-electron chi connectivity index (χ2n) is 7.99. The van der Waals surface area contributed by atoms with Gasteiger partial charge in [0, 0.05) is 23.3 Å². The summed E-state index contributed by atoms with van der Waals surface area (Å²) < 4.78 is 5.80. The van der Waals surface area contributed by atoms with Crippen LogP contribution in [0.5, 0.6) is 5.75 Å². The predicted octanol–water partition coefficient (Wildman–Crippen LogP) is 3.36. The molecule has 0 aliphatic heterocycles. The minimum atomic E-state index is 0.165. The molecule has 3 aliphatic carbocycles.